The minimum atomic E-state index is -0.458. The molecule has 2 heterocycles. The van der Waals surface area contributed by atoms with Crippen molar-refractivity contribution in [3.05, 3.63) is 94.3 Å². The van der Waals surface area contributed by atoms with Crippen LogP contribution in [0.1, 0.15) is 16.3 Å². The maximum Gasteiger partial charge on any atom is 0.331 e. The van der Waals surface area contributed by atoms with Gasteiger partial charge in [-0.1, -0.05) is 24.3 Å². The number of carbonyl (C=O) groups excluding carboxylic acids is 1. The first-order valence-corrected chi connectivity index (χ1v) is 10.1. The number of halogens is 1. The number of pyridine rings is 1. The molecule has 0 unspecified atom stereocenters. The molecule has 0 amide bonds. The molecule has 0 aliphatic carbocycles. The third-order valence-electron chi connectivity index (χ3n) is 4.20. The number of ether oxygens (including phenoxy) is 2. The lowest BCUT2D eigenvalue weighted by molar-refractivity contribution is -0.139. The minimum absolute atomic E-state index is 0.0734. The third kappa shape index (κ3) is 5.07. The van der Waals surface area contributed by atoms with E-state index >= 15 is 0 Å². The van der Waals surface area contributed by atoms with Gasteiger partial charge in [-0.3, -0.25) is 4.98 Å². The Morgan fingerprint density at radius 2 is 1.90 bits per heavy atom. The molecule has 2 aromatic heterocycles. The summed E-state index contributed by atoms with van der Waals surface area (Å²) in [6.45, 7) is 0.336. The molecule has 4 aromatic rings. The number of aromatic nitrogens is 2. The molecule has 0 radical (unpaired) electrons. The number of rotatable bonds is 7. The fourth-order valence-electron chi connectivity index (χ4n) is 2.77. The van der Waals surface area contributed by atoms with Crippen molar-refractivity contribution in [3.63, 3.8) is 0 Å². The van der Waals surface area contributed by atoms with Crippen molar-refractivity contribution in [2.75, 3.05) is 0 Å². The van der Waals surface area contributed by atoms with Crippen molar-refractivity contribution < 1.29 is 18.7 Å². The van der Waals surface area contributed by atoms with E-state index in [-0.39, 0.29) is 19.0 Å². The van der Waals surface area contributed by atoms with Crippen LogP contribution in [0.25, 0.3) is 17.0 Å². The topological polar surface area (TPSA) is 61.3 Å². The van der Waals surface area contributed by atoms with E-state index in [0.717, 1.165) is 21.5 Å². The quantitative estimate of drug-likeness (QED) is 0.305. The van der Waals surface area contributed by atoms with E-state index in [1.807, 2.05) is 35.7 Å². The van der Waals surface area contributed by atoms with Crippen molar-refractivity contribution in [2.24, 2.45) is 0 Å². The predicted molar refractivity (Wildman–Crippen MR) is 113 cm³/mol. The van der Waals surface area contributed by atoms with Gasteiger partial charge in [0.05, 0.1) is 11.2 Å². The second kappa shape index (κ2) is 9.28. The number of para-hydroxylation sites is 1. The van der Waals surface area contributed by atoms with Gasteiger partial charge in [0.2, 0.25) is 0 Å². The Bertz CT molecular complexity index is 1180. The van der Waals surface area contributed by atoms with Gasteiger partial charge >= 0.3 is 5.97 Å². The minimum Gasteiger partial charge on any atom is -0.486 e. The molecule has 0 atom stereocenters. The fraction of sp³-hybridized carbons (Fsp3) is 0.0870. The molecule has 2 aromatic carbocycles. The molecule has 30 heavy (non-hydrogen) atoms. The Kier molecular flexibility index (Phi) is 6.10. The van der Waals surface area contributed by atoms with Crippen molar-refractivity contribution >= 4 is 34.3 Å². The van der Waals surface area contributed by atoms with E-state index < -0.39 is 5.97 Å². The van der Waals surface area contributed by atoms with E-state index in [2.05, 4.69) is 9.97 Å². The van der Waals surface area contributed by atoms with Gasteiger partial charge in [-0.2, -0.15) is 0 Å². The summed E-state index contributed by atoms with van der Waals surface area (Å²) in [6, 6.07) is 15.4. The highest BCUT2D eigenvalue weighted by Gasteiger charge is 2.06. The molecule has 0 saturated carbocycles. The van der Waals surface area contributed by atoms with Gasteiger partial charge in [-0.15, -0.1) is 11.3 Å². The SMILES string of the molecule is O=C(C=Cc1cccc2cccnc12)OCc1csc(COc2ccc(F)cc2)n1. The van der Waals surface area contributed by atoms with Crippen LogP contribution in [0.3, 0.4) is 0 Å². The maximum absolute atomic E-state index is 12.9. The molecule has 0 fully saturated rings. The van der Waals surface area contributed by atoms with E-state index in [9.17, 15) is 9.18 Å². The summed E-state index contributed by atoms with van der Waals surface area (Å²) in [5, 5.41) is 3.56. The zero-order valence-electron chi connectivity index (χ0n) is 15.8. The van der Waals surface area contributed by atoms with E-state index in [0.29, 0.717) is 11.4 Å². The van der Waals surface area contributed by atoms with Crippen LogP contribution in [0.15, 0.2) is 72.3 Å². The lowest BCUT2D eigenvalue weighted by atomic mass is 10.1. The number of carbonyl (C=O) groups is 1. The average molecular weight is 420 g/mol. The molecule has 0 spiro atoms. The zero-order chi connectivity index (χ0) is 20.8. The van der Waals surface area contributed by atoms with Crippen LogP contribution in [0.2, 0.25) is 0 Å². The molecular formula is C23H17FN2O3S. The standard InChI is InChI=1S/C23H17FN2O3S/c24-18-7-9-20(10-8-18)28-14-21-26-19(15-30-21)13-29-22(27)11-6-17-4-1-3-16-5-2-12-25-23(16)17/h1-12,15H,13-14H2. The number of thiazole rings is 1. The number of hydrogen-bond donors (Lipinski definition) is 0. The second-order valence-corrected chi connectivity index (χ2v) is 7.28. The predicted octanol–water partition coefficient (Wildman–Crippen LogP) is 5.17. The number of hydrogen-bond acceptors (Lipinski definition) is 6. The largest absolute Gasteiger partial charge is 0.486 e. The Labute approximate surface area is 176 Å². The summed E-state index contributed by atoms with van der Waals surface area (Å²) in [7, 11) is 0. The molecular weight excluding hydrogens is 403 g/mol. The smallest absolute Gasteiger partial charge is 0.331 e. The normalized spacial score (nSPS) is 11.1. The van der Waals surface area contributed by atoms with Crippen LogP contribution in [0.5, 0.6) is 5.75 Å². The first-order chi connectivity index (χ1) is 14.7. The van der Waals surface area contributed by atoms with Gasteiger partial charge in [-0.25, -0.2) is 14.2 Å². The van der Waals surface area contributed by atoms with E-state index in [1.165, 1.54) is 29.5 Å². The Morgan fingerprint density at radius 1 is 1.07 bits per heavy atom. The van der Waals surface area contributed by atoms with Crippen molar-refractivity contribution in [1.82, 2.24) is 9.97 Å². The first kappa shape index (κ1) is 19.7. The highest BCUT2D eigenvalue weighted by Crippen LogP contribution is 2.18. The summed E-state index contributed by atoms with van der Waals surface area (Å²) in [5.74, 6) is -0.209. The van der Waals surface area contributed by atoms with Crippen molar-refractivity contribution in [2.45, 2.75) is 13.2 Å². The third-order valence-corrected chi connectivity index (χ3v) is 5.07. The van der Waals surface area contributed by atoms with Gasteiger partial charge in [-0.05, 0) is 36.4 Å². The fourth-order valence-corrected chi connectivity index (χ4v) is 3.46. The van der Waals surface area contributed by atoms with E-state index in [4.69, 9.17) is 9.47 Å². The van der Waals surface area contributed by atoms with Crippen LogP contribution in [-0.4, -0.2) is 15.9 Å². The summed E-state index contributed by atoms with van der Waals surface area (Å²) in [6.07, 6.45) is 4.80. The Morgan fingerprint density at radius 3 is 2.77 bits per heavy atom. The van der Waals surface area contributed by atoms with Gasteiger partial charge < -0.3 is 9.47 Å². The highest BCUT2D eigenvalue weighted by molar-refractivity contribution is 7.09. The monoisotopic (exact) mass is 420 g/mol. The summed E-state index contributed by atoms with van der Waals surface area (Å²) in [5.41, 5.74) is 2.32. The lowest BCUT2D eigenvalue weighted by Crippen LogP contribution is -2.02. The second-order valence-electron chi connectivity index (χ2n) is 6.34. The van der Waals surface area contributed by atoms with Crippen LogP contribution < -0.4 is 4.74 Å². The molecule has 0 aliphatic heterocycles. The van der Waals surface area contributed by atoms with Gasteiger partial charge in [0.15, 0.2) is 0 Å². The number of benzene rings is 2. The zero-order valence-corrected chi connectivity index (χ0v) is 16.6. The molecule has 0 N–H and O–H groups in total. The number of fused-ring (bicyclic) bond motifs is 1. The first-order valence-electron chi connectivity index (χ1n) is 9.17. The Hall–Kier alpha value is -3.58. The number of nitrogens with zero attached hydrogens (tertiary/aromatic N) is 2. The molecule has 7 heteroatoms. The van der Waals surface area contributed by atoms with Crippen molar-refractivity contribution in [3.8, 4) is 5.75 Å². The lowest BCUT2D eigenvalue weighted by Gasteiger charge is -2.03. The maximum atomic E-state index is 12.9. The van der Waals surface area contributed by atoms with Crippen molar-refractivity contribution in [1.29, 1.82) is 0 Å². The summed E-state index contributed by atoms with van der Waals surface area (Å²) in [4.78, 5) is 20.8. The molecule has 5 nitrogen and oxygen atoms in total. The molecule has 0 bridgehead atoms. The van der Waals surface area contributed by atoms with Gasteiger partial charge in [0, 0.05) is 28.6 Å². The highest BCUT2D eigenvalue weighted by atomic mass is 32.1. The van der Waals surface area contributed by atoms with Crippen LogP contribution in [-0.2, 0) is 22.7 Å². The summed E-state index contributed by atoms with van der Waals surface area (Å²) < 4.78 is 23.7. The molecule has 150 valence electrons. The van der Waals surface area contributed by atoms with E-state index in [1.54, 1.807) is 24.4 Å². The molecule has 4 rings (SSSR count). The van der Waals surface area contributed by atoms with Crippen LogP contribution >= 0.6 is 11.3 Å². The van der Waals surface area contributed by atoms with Gasteiger partial charge in [0.25, 0.3) is 0 Å². The van der Waals surface area contributed by atoms with Gasteiger partial charge in [0.1, 0.15) is 29.8 Å². The molecule has 0 aliphatic rings. The average Bonchev–Trinajstić information content (AvgIpc) is 3.24. The van der Waals surface area contributed by atoms with Crippen LogP contribution in [0, 0.1) is 5.82 Å². The molecule has 0 saturated heterocycles. The van der Waals surface area contributed by atoms with Crippen LogP contribution in [0.4, 0.5) is 4.39 Å². The Balaban J connectivity index is 1.30. The summed E-state index contributed by atoms with van der Waals surface area (Å²) >= 11 is 1.41. The number of esters is 1.